The lowest BCUT2D eigenvalue weighted by Gasteiger charge is -2.01. The van der Waals surface area contributed by atoms with Gasteiger partial charge >= 0.3 is 12.1 Å². The van der Waals surface area contributed by atoms with Crippen LogP contribution in [0.25, 0.3) is 0 Å². The number of halogens is 3. The molecule has 0 unspecified atom stereocenters. The first kappa shape index (κ1) is 9.97. The van der Waals surface area contributed by atoms with Gasteiger partial charge in [0, 0.05) is 19.5 Å². The third-order valence-corrected chi connectivity index (χ3v) is 1.41. The van der Waals surface area contributed by atoms with E-state index in [-0.39, 0.29) is 0 Å². The maximum atomic E-state index is 11.6. The van der Waals surface area contributed by atoms with Gasteiger partial charge in [-0.2, -0.15) is 13.2 Å². The Bertz CT molecular complexity index is 229. The van der Waals surface area contributed by atoms with Gasteiger partial charge in [0.15, 0.2) is 0 Å². The maximum absolute atomic E-state index is 11.6. The third kappa shape index (κ3) is 3.02. The molecule has 0 saturated carbocycles. The minimum atomic E-state index is -4.98. The van der Waals surface area contributed by atoms with Crippen LogP contribution in [0.3, 0.4) is 0 Å². The molecule has 0 bridgehead atoms. The lowest BCUT2D eigenvalue weighted by Crippen LogP contribution is -2.24. The molecule has 0 atom stereocenters. The fourth-order valence-corrected chi connectivity index (χ4v) is 0.789. The van der Waals surface area contributed by atoms with E-state index in [2.05, 4.69) is 15.3 Å². The number of nitrogens with zero attached hydrogens (tertiary/aromatic N) is 1. The maximum Gasteiger partial charge on any atom is 0.493 e. The number of carbonyl (C=O) groups excluding carboxylic acids is 1. The largest absolute Gasteiger partial charge is 0.493 e. The molecule has 0 spiro atoms. The quantitative estimate of drug-likeness (QED) is 0.489. The average Bonchev–Trinajstić information content (AvgIpc) is 2.50. The Morgan fingerprint density at radius 1 is 1.54 bits per heavy atom. The summed E-state index contributed by atoms with van der Waals surface area (Å²) in [6, 6.07) is 0. The number of oxime groups is 1. The normalized spacial score (nSPS) is 20.7. The molecular weight excluding hydrogens is 189 g/mol. The van der Waals surface area contributed by atoms with Gasteiger partial charge in [0.25, 0.3) is 0 Å². The van der Waals surface area contributed by atoms with Crippen molar-refractivity contribution < 1.29 is 22.8 Å². The van der Waals surface area contributed by atoms with Crippen LogP contribution in [0, 0.1) is 0 Å². The lowest BCUT2D eigenvalue weighted by atomic mass is 10.3. The summed E-state index contributed by atoms with van der Waals surface area (Å²) in [6.07, 6.45) is -4.47. The number of hydrogen-bond donors (Lipinski definition) is 1. The Morgan fingerprint density at radius 3 is 2.69 bits per heavy atom. The molecule has 1 heterocycles. The van der Waals surface area contributed by atoms with Crippen molar-refractivity contribution in [2.75, 3.05) is 13.1 Å². The molecule has 1 aliphatic heterocycles. The first-order valence-corrected chi connectivity index (χ1v) is 3.55. The summed E-state index contributed by atoms with van der Waals surface area (Å²) in [5, 5.41) is 5.91. The summed E-state index contributed by atoms with van der Waals surface area (Å²) in [5.74, 6) is -2.29. The summed E-state index contributed by atoms with van der Waals surface area (Å²) >= 11 is 0. The van der Waals surface area contributed by atoms with Crippen LogP contribution >= 0.6 is 0 Å². The molecule has 1 rings (SSSR count). The minimum absolute atomic E-state index is 0.366. The van der Waals surface area contributed by atoms with Gasteiger partial charge in [-0.3, -0.25) is 0 Å². The van der Waals surface area contributed by atoms with E-state index in [0.717, 1.165) is 0 Å². The summed E-state index contributed by atoms with van der Waals surface area (Å²) < 4.78 is 34.7. The van der Waals surface area contributed by atoms with Gasteiger partial charge in [-0.05, 0) is 0 Å². The second kappa shape index (κ2) is 3.73. The van der Waals surface area contributed by atoms with Crippen LogP contribution in [0.15, 0.2) is 5.16 Å². The van der Waals surface area contributed by atoms with E-state index in [0.29, 0.717) is 25.2 Å². The Kier molecular flexibility index (Phi) is 2.86. The second-order valence-electron chi connectivity index (χ2n) is 2.46. The molecule has 13 heavy (non-hydrogen) atoms. The second-order valence-corrected chi connectivity index (χ2v) is 2.46. The zero-order valence-corrected chi connectivity index (χ0v) is 6.52. The molecule has 4 nitrogen and oxygen atoms in total. The van der Waals surface area contributed by atoms with Crippen molar-refractivity contribution >= 4 is 11.7 Å². The van der Waals surface area contributed by atoms with Crippen molar-refractivity contribution in [3.05, 3.63) is 0 Å². The smallest absolute Gasteiger partial charge is 0.311 e. The van der Waals surface area contributed by atoms with Crippen LogP contribution in [0.5, 0.6) is 0 Å². The number of nitrogens with one attached hydrogen (secondary N) is 1. The summed E-state index contributed by atoms with van der Waals surface area (Å²) in [6.45, 7) is 1.01. The fourth-order valence-electron chi connectivity index (χ4n) is 0.789. The molecule has 0 aromatic heterocycles. The van der Waals surface area contributed by atoms with Crippen molar-refractivity contribution in [3.63, 3.8) is 0 Å². The Labute approximate surface area is 71.7 Å². The SMILES string of the molecule is O=C(ON=C1CCNC1)C(F)(F)F. The average molecular weight is 196 g/mol. The van der Waals surface area contributed by atoms with Crippen LogP contribution in [0.2, 0.25) is 0 Å². The van der Waals surface area contributed by atoms with Crippen molar-refractivity contribution in [1.82, 2.24) is 5.32 Å². The summed E-state index contributed by atoms with van der Waals surface area (Å²) in [5.41, 5.74) is 0.414. The van der Waals surface area contributed by atoms with Gasteiger partial charge in [0.1, 0.15) is 0 Å². The van der Waals surface area contributed by atoms with Crippen molar-refractivity contribution in [2.45, 2.75) is 12.6 Å². The molecule has 0 amide bonds. The predicted molar refractivity (Wildman–Crippen MR) is 37.1 cm³/mol. The molecule has 74 valence electrons. The first-order chi connectivity index (χ1) is 6.00. The molecule has 0 aromatic carbocycles. The van der Waals surface area contributed by atoms with E-state index < -0.39 is 12.1 Å². The van der Waals surface area contributed by atoms with Gasteiger partial charge in [-0.25, -0.2) is 4.79 Å². The number of carbonyl (C=O) groups is 1. The van der Waals surface area contributed by atoms with Crippen LogP contribution in [-0.2, 0) is 9.63 Å². The van der Waals surface area contributed by atoms with Crippen molar-refractivity contribution in [1.29, 1.82) is 0 Å². The fraction of sp³-hybridized carbons (Fsp3) is 0.667. The van der Waals surface area contributed by atoms with Gasteiger partial charge in [-0.15, -0.1) is 0 Å². The predicted octanol–water partition coefficient (Wildman–Crippen LogP) is 0.441. The van der Waals surface area contributed by atoms with Gasteiger partial charge in [0.2, 0.25) is 0 Å². The summed E-state index contributed by atoms with van der Waals surface area (Å²) in [7, 11) is 0. The highest BCUT2D eigenvalue weighted by atomic mass is 19.4. The highest BCUT2D eigenvalue weighted by Gasteiger charge is 2.41. The van der Waals surface area contributed by atoms with Gasteiger partial charge in [-0.1, -0.05) is 5.16 Å². The number of alkyl halides is 3. The first-order valence-electron chi connectivity index (χ1n) is 3.55. The van der Waals surface area contributed by atoms with Crippen LogP contribution in [0.1, 0.15) is 6.42 Å². The summed E-state index contributed by atoms with van der Waals surface area (Å²) in [4.78, 5) is 13.8. The van der Waals surface area contributed by atoms with Gasteiger partial charge < -0.3 is 10.2 Å². The van der Waals surface area contributed by atoms with Crippen LogP contribution in [-0.4, -0.2) is 30.9 Å². The lowest BCUT2D eigenvalue weighted by molar-refractivity contribution is -0.199. The van der Waals surface area contributed by atoms with Crippen LogP contribution in [0.4, 0.5) is 13.2 Å². The molecule has 0 aromatic rings. The Hall–Kier alpha value is -1.11. The molecule has 1 N–H and O–H groups in total. The van der Waals surface area contributed by atoms with E-state index in [9.17, 15) is 18.0 Å². The Morgan fingerprint density at radius 2 is 2.23 bits per heavy atom. The van der Waals surface area contributed by atoms with E-state index in [1.54, 1.807) is 0 Å². The van der Waals surface area contributed by atoms with E-state index >= 15 is 0 Å². The Balaban J connectivity index is 2.41. The molecular formula is C6H7F3N2O2. The molecule has 0 radical (unpaired) electrons. The number of hydrogen-bond acceptors (Lipinski definition) is 4. The highest BCUT2D eigenvalue weighted by molar-refractivity contribution is 5.88. The van der Waals surface area contributed by atoms with Crippen molar-refractivity contribution in [2.24, 2.45) is 5.16 Å². The minimum Gasteiger partial charge on any atom is -0.311 e. The van der Waals surface area contributed by atoms with E-state index in [1.165, 1.54) is 0 Å². The highest BCUT2D eigenvalue weighted by Crippen LogP contribution is 2.16. The molecule has 1 fully saturated rings. The van der Waals surface area contributed by atoms with E-state index in [4.69, 9.17) is 0 Å². The molecule has 1 saturated heterocycles. The van der Waals surface area contributed by atoms with Gasteiger partial charge in [0.05, 0.1) is 5.71 Å². The third-order valence-electron chi connectivity index (χ3n) is 1.41. The monoisotopic (exact) mass is 196 g/mol. The molecule has 7 heteroatoms. The number of rotatable bonds is 1. The zero-order chi connectivity index (χ0) is 9.90. The molecule has 0 aliphatic carbocycles. The van der Waals surface area contributed by atoms with Crippen LogP contribution < -0.4 is 5.32 Å². The topological polar surface area (TPSA) is 50.7 Å². The zero-order valence-electron chi connectivity index (χ0n) is 6.52. The molecule has 1 aliphatic rings. The van der Waals surface area contributed by atoms with E-state index in [1.807, 2.05) is 0 Å². The standard InChI is InChI=1S/C6H7F3N2O2/c7-6(8,9)5(12)13-11-4-1-2-10-3-4/h10H,1-3H2. The van der Waals surface area contributed by atoms with Crippen molar-refractivity contribution in [3.8, 4) is 0 Å².